The summed E-state index contributed by atoms with van der Waals surface area (Å²) in [6.07, 6.45) is -2.26. The summed E-state index contributed by atoms with van der Waals surface area (Å²) in [4.78, 5) is 32.1. The number of rotatable bonds is 6. The number of nitrogens with one attached hydrogen (secondary N) is 1. The number of pyridine rings is 1. The number of carbonyl (C=O) groups is 2. The Morgan fingerprint density at radius 2 is 1.87 bits per heavy atom. The third kappa shape index (κ3) is 5.51. The third-order valence-corrected chi connectivity index (χ3v) is 4.83. The number of alkyl halides is 3. The molecule has 0 unspecified atom stereocenters. The van der Waals surface area contributed by atoms with Crippen LogP contribution >= 0.6 is 0 Å². The molecule has 3 rings (SSSR count). The van der Waals surface area contributed by atoms with E-state index < -0.39 is 17.7 Å². The van der Waals surface area contributed by atoms with E-state index in [0.717, 1.165) is 12.3 Å². The molecule has 2 aromatic rings. The first-order valence-corrected chi connectivity index (χ1v) is 9.68. The molecule has 0 aliphatic carbocycles. The lowest BCUT2D eigenvalue weighted by Gasteiger charge is -2.35. The Morgan fingerprint density at radius 3 is 2.45 bits per heavy atom. The van der Waals surface area contributed by atoms with Gasteiger partial charge in [0.2, 0.25) is 5.91 Å². The van der Waals surface area contributed by atoms with Gasteiger partial charge < -0.3 is 15.0 Å². The molecular formula is C19H23F3N6O3. The Balaban J connectivity index is 1.53. The Hall–Kier alpha value is -3.15. The average molecular weight is 440 g/mol. The lowest BCUT2D eigenvalue weighted by atomic mass is 10.2. The van der Waals surface area contributed by atoms with Gasteiger partial charge in [0, 0.05) is 39.4 Å². The van der Waals surface area contributed by atoms with E-state index in [9.17, 15) is 22.8 Å². The minimum absolute atomic E-state index is 0.0989. The number of esters is 1. The summed E-state index contributed by atoms with van der Waals surface area (Å²) in [5.74, 6) is -0.152. The van der Waals surface area contributed by atoms with Gasteiger partial charge in [-0.25, -0.2) is 9.78 Å². The van der Waals surface area contributed by atoms with Crippen LogP contribution in [0, 0.1) is 0 Å². The van der Waals surface area contributed by atoms with Gasteiger partial charge in [-0.15, -0.1) is 0 Å². The Morgan fingerprint density at radius 1 is 1.16 bits per heavy atom. The maximum atomic E-state index is 12.7. The predicted octanol–water partition coefficient (Wildman–Crippen LogP) is 1.77. The van der Waals surface area contributed by atoms with Crippen LogP contribution in [-0.4, -0.2) is 70.9 Å². The number of carbonyl (C=O) groups excluding carboxylic acids is 2. The van der Waals surface area contributed by atoms with Crippen LogP contribution in [0.5, 0.6) is 0 Å². The highest BCUT2D eigenvalue weighted by Crippen LogP contribution is 2.29. The highest BCUT2D eigenvalue weighted by Gasteiger charge is 2.31. The summed E-state index contributed by atoms with van der Waals surface area (Å²) in [5.41, 5.74) is -0.611. The second kappa shape index (κ2) is 9.33. The zero-order valence-corrected chi connectivity index (χ0v) is 17.1. The number of piperazine rings is 1. The van der Waals surface area contributed by atoms with Gasteiger partial charge in [0.25, 0.3) is 0 Å². The van der Waals surface area contributed by atoms with E-state index in [1.807, 2.05) is 9.80 Å². The highest BCUT2D eigenvalue weighted by atomic mass is 19.4. The fraction of sp³-hybridized carbons (Fsp3) is 0.474. The van der Waals surface area contributed by atoms with Gasteiger partial charge in [0.15, 0.2) is 0 Å². The van der Waals surface area contributed by atoms with Crippen molar-refractivity contribution < 1.29 is 27.5 Å². The molecular weight excluding hydrogens is 417 g/mol. The summed E-state index contributed by atoms with van der Waals surface area (Å²) in [5, 5.41) is 6.68. The number of hydrogen-bond donors (Lipinski definition) is 1. The molecule has 0 spiro atoms. The van der Waals surface area contributed by atoms with Gasteiger partial charge in [-0.3, -0.25) is 14.4 Å². The molecule has 1 saturated heterocycles. The van der Waals surface area contributed by atoms with Crippen molar-refractivity contribution in [1.29, 1.82) is 0 Å². The summed E-state index contributed by atoms with van der Waals surface area (Å²) in [6, 6.07) is 2.36. The fourth-order valence-corrected chi connectivity index (χ4v) is 3.19. The van der Waals surface area contributed by atoms with Crippen LogP contribution in [0.4, 0.5) is 24.8 Å². The third-order valence-electron chi connectivity index (χ3n) is 4.83. The van der Waals surface area contributed by atoms with Crippen LogP contribution in [0.25, 0.3) is 0 Å². The zero-order chi connectivity index (χ0) is 22.6. The average Bonchev–Trinajstić information content (AvgIpc) is 3.08. The second-order valence-corrected chi connectivity index (χ2v) is 6.97. The van der Waals surface area contributed by atoms with Gasteiger partial charge in [-0.05, 0) is 19.1 Å². The van der Waals surface area contributed by atoms with Crippen LogP contribution in [0.15, 0.2) is 24.5 Å². The first-order chi connectivity index (χ1) is 14.7. The Bertz CT molecular complexity index is 921. The number of ether oxygens (including phenoxy) is 1. The molecule has 1 aliphatic heterocycles. The van der Waals surface area contributed by atoms with Crippen LogP contribution in [0.3, 0.4) is 0 Å². The van der Waals surface area contributed by atoms with E-state index in [0.29, 0.717) is 32.0 Å². The van der Waals surface area contributed by atoms with E-state index in [1.54, 1.807) is 14.0 Å². The number of anilines is 2. The number of aromatic nitrogens is 3. The highest BCUT2D eigenvalue weighted by molar-refractivity contribution is 6.00. The van der Waals surface area contributed by atoms with Crippen molar-refractivity contribution in [3.63, 3.8) is 0 Å². The topological polar surface area (TPSA) is 92.6 Å². The van der Waals surface area contributed by atoms with Crippen LogP contribution in [0.1, 0.15) is 22.8 Å². The van der Waals surface area contributed by atoms with Gasteiger partial charge in [-0.1, -0.05) is 0 Å². The number of hydrogen-bond acceptors (Lipinski definition) is 7. The lowest BCUT2D eigenvalue weighted by molar-refractivity contribution is -0.137. The van der Waals surface area contributed by atoms with Crippen molar-refractivity contribution in [2.75, 3.05) is 49.5 Å². The van der Waals surface area contributed by atoms with Gasteiger partial charge >= 0.3 is 12.1 Å². The Kier molecular flexibility index (Phi) is 6.78. The quantitative estimate of drug-likeness (QED) is 0.685. The van der Waals surface area contributed by atoms with E-state index >= 15 is 0 Å². The molecule has 1 amide bonds. The maximum absolute atomic E-state index is 12.7. The lowest BCUT2D eigenvalue weighted by Crippen LogP contribution is -2.49. The standard InChI is InChI=1S/C19H23F3N6O3/c1-3-31-18(30)14-11-24-26(2)17(14)25-16(29)12-27-6-8-28(9-7-27)15-5-4-13(10-23-15)19(20,21)22/h4-5,10-11H,3,6-9,12H2,1-2H3,(H,25,29). The Labute approximate surface area is 176 Å². The molecule has 31 heavy (non-hydrogen) atoms. The van der Waals surface area contributed by atoms with Crippen molar-refractivity contribution in [2.24, 2.45) is 7.05 Å². The van der Waals surface area contributed by atoms with Crippen LogP contribution < -0.4 is 10.2 Å². The molecule has 168 valence electrons. The monoisotopic (exact) mass is 440 g/mol. The largest absolute Gasteiger partial charge is 0.462 e. The van der Waals surface area contributed by atoms with Crippen molar-refractivity contribution >= 4 is 23.5 Å². The van der Waals surface area contributed by atoms with E-state index in [-0.39, 0.29) is 30.4 Å². The molecule has 0 atom stereocenters. The molecule has 9 nitrogen and oxygen atoms in total. The zero-order valence-electron chi connectivity index (χ0n) is 17.1. The number of nitrogens with zero attached hydrogens (tertiary/aromatic N) is 5. The number of aryl methyl sites for hydroxylation is 1. The molecule has 0 aromatic carbocycles. The first-order valence-electron chi connectivity index (χ1n) is 9.68. The molecule has 1 fully saturated rings. The van der Waals surface area contributed by atoms with Crippen molar-refractivity contribution in [3.8, 4) is 0 Å². The maximum Gasteiger partial charge on any atom is 0.417 e. The summed E-state index contributed by atoms with van der Waals surface area (Å²) in [7, 11) is 1.61. The van der Waals surface area contributed by atoms with E-state index in [1.165, 1.54) is 16.9 Å². The van der Waals surface area contributed by atoms with Gasteiger partial charge in [0.1, 0.15) is 17.2 Å². The van der Waals surface area contributed by atoms with Crippen LogP contribution in [-0.2, 0) is 22.8 Å². The molecule has 3 heterocycles. The summed E-state index contributed by atoms with van der Waals surface area (Å²) < 4.78 is 44.4. The van der Waals surface area contributed by atoms with E-state index in [4.69, 9.17) is 4.74 Å². The van der Waals surface area contributed by atoms with Crippen LogP contribution in [0.2, 0.25) is 0 Å². The molecule has 0 radical (unpaired) electrons. The molecule has 1 aliphatic rings. The fourth-order valence-electron chi connectivity index (χ4n) is 3.19. The first kappa shape index (κ1) is 22.5. The molecule has 2 aromatic heterocycles. The number of amides is 1. The van der Waals surface area contributed by atoms with Crippen molar-refractivity contribution in [2.45, 2.75) is 13.1 Å². The van der Waals surface area contributed by atoms with Crippen molar-refractivity contribution in [1.82, 2.24) is 19.7 Å². The predicted molar refractivity (Wildman–Crippen MR) is 106 cm³/mol. The van der Waals surface area contributed by atoms with Gasteiger partial charge in [0.05, 0.1) is 24.9 Å². The molecule has 0 bridgehead atoms. The minimum atomic E-state index is -4.42. The molecule has 12 heteroatoms. The minimum Gasteiger partial charge on any atom is -0.462 e. The summed E-state index contributed by atoms with van der Waals surface area (Å²) >= 11 is 0. The van der Waals surface area contributed by atoms with Gasteiger partial charge in [-0.2, -0.15) is 18.3 Å². The summed E-state index contributed by atoms with van der Waals surface area (Å²) in [6.45, 7) is 4.10. The number of halogens is 3. The molecule has 1 N–H and O–H groups in total. The smallest absolute Gasteiger partial charge is 0.417 e. The van der Waals surface area contributed by atoms with E-state index in [2.05, 4.69) is 15.4 Å². The SMILES string of the molecule is CCOC(=O)c1cnn(C)c1NC(=O)CN1CCN(c2ccc(C(F)(F)F)cn2)CC1. The normalized spacial score (nSPS) is 15.1. The molecule has 0 saturated carbocycles. The second-order valence-electron chi connectivity index (χ2n) is 6.97. The van der Waals surface area contributed by atoms with Crippen molar-refractivity contribution in [3.05, 3.63) is 35.7 Å².